The fourth-order valence-electron chi connectivity index (χ4n) is 4.89. The van der Waals surface area contributed by atoms with E-state index in [9.17, 15) is 4.79 Å². The highest BCUT2D eigenvalue weighted by Gasteiger charge is 2.33. The maximum atomic E-state index is 13.0. The molecule has 30 heavy (non-hydrogen) atoms. The first kappa shape index (κ1) is 19.4. The van der Waals surface area contributed by atoms with E-state index in [1.54, 1.807) is 6.07 Å². The van der Waals surface area contributed by atoms with Gasteiger partial charge in [0.05, 0.1) is 0 Å². The van der Waals surface area contributed by atoms with Crippen molar-refractivity contribution in [3.05, 3.63) is 59.1 Å². The Morgan fingerprint density at radius 1 is 1.07 bits per heavy atom. The molecule has 0 spiro atoms. The molecule has 2 atom stereocenters. The summed E-state index contributed by atoms with van der Waals surface area (Å²) in [6.07, 6.45) is 5.01. The van der Waals surface area contributed by atoms with E-state index < -0.39 is 0 Å². The van der Waals surface area contributed by atoms with Crippen LogP contribution in [0.15, 0.2) is 52.9 Å². The summed E-state index contributed by atoms with van der Waals surface area (Å²) in [7, 11) is 0. The third kappa shape index (κ3) is 3.91. The number of aromatic nitrogens is 1. The Hall–Kier alpha value is -2.53. The molecule has 6 heteroatoms. The molecule has 0 radical (unpaired) electrons. The van der Waals surface area contributed by atoms with Crippen molar-refractivity contribution in [3.8, 4) is 0 Å². The van der Waals surface area contributed by atoms with Crippen LogP contribution in [0, 0.1) is 5.92 Å². The van der Waals surface area contributed by atoms with E-state index in [1.807, 2.05) is 18.2 Å². The maximum absolute atomic E-state index is 13.0. The molecule has 156 valence electrons. The maximum Gasteiger partial charge on any atom is 0.298 e. The van der Waals surface area contributed by atoms with Gasteiger partial charge in [0.1, 0.15) is 5.52 Å². The van der Waals surface area contributed by atoms with Gasteiger partial charge in [0.2, 0.25) is 5.91 Å². The van der Waals surface area contributed by atoms with Crippen LogP contribution in [-0.4, -0.2) is 30.0 Å². The number of halogens is 1. The number of hydrogen-bond donors (Lipinski definition) is 1. The van der Waals surface area contributed by atoms with E-state index in [2.05, 4.69) is 39.5 Å². The molecule has 3 aromatic rings. The van der Waals surface area contributed by atoms with Crippen molar-refractivity contribution < 1.29 is 9.21 Å². The summed E-state index contributed by atoms with van der Waals surface area (Å²) in [4.78, 5) is 19.7. The zero-order chi connectivity index (χ0) is 20.5. The van der Waals surface area contributed by atoms with Crippen LogP contribution in [-0.2, 0) is 4.79 Å². The number of piperidine rings is 1. The Kier molecular flexibility index (Phi) is 5.38. The van der Waals surface area contributed by atoms with E-state index in [-0.39, 0.29) is 17.9 Å². The minimum Gasteiger partial charge on any atom is -0.423 e. The number of benzene rings is 2. The van der Waals surface area contributed by atoms with Crippen LogP contribution in [0.25, 0.3) is 11.1 Å². The number of anilines is 1. The molecular formula is C24H26ClN3O2. The Morgan fingerprint density at radius 2 is 1.87 bits per heavy atom. The van der Waals surface area contributed by atoms with Gasteiger partial charge in [0.15, 0.2) is 5.58 Å². The van der Waals surface area contributed by atoms with Crippen LogP contribution >= 0.6 is 11.6 Å². The van der Waals surface area contributed by atoms with Crippen molar-refractivity contribution in [1.82, 2.24) is 10.3 Å². The Morgan fingerprint density at radius 3 is 2.67 bits per heavy atom. The molecular weight excluding hydrogens is 398 g/mol. The van der Waals surface area contributed by atoms with Crippen LogP contribution in [0.1, 0.15) is 43.6 Å². The van der Waals surface area contributed by atoms with Gasteiger partial charge in [-0.2, -0.15) is 4.98 Å². The fraction of sp³-hybridized carbons (Fsp3) is 0.417. The lowest BCUT2D eigenvalue weighted by Gasteiger charge is -2.31. The lowest BCUT2D eigenvalue weighted by Crippen LogP contribution is -2.44. The van der Waals surface area contributed by atoms with E-state index in [1.165, 1.54) is 12.0 Å². The van der Waals surface area contributed by atoms with Gasteiger partial charge in [-0.25, -0.2) is 0 Å². The molecule has 2 fully saturated rings. The number of oxazole rings is 1. The Balaban J connectivity index is 1.19. The Labute approximate surface area is 181 Å². The molecule has 5 nitrogen and oxygen atoms in total. The number of hydrogen-bond acceptors (Lipinski definition) is 4. The number of nitrogens with one attached hydrogen (secondary N) is 1. The largest absolute Gasteiger partial charge is 0.423 e. The molecule has 2 heterocycles. The highest BCUT2D eigenvalue weighted by molar-refractivity contribution is 6.31. The average molecular weight is 424 g/mol. The SMILES string of the molecule is O=C(N[C@@H]1CCC[C@@H]1c1ccccc1)C1CCN(c2nc3cc(Cl)ccc3o2)CC1. The third-order valence-electron chi connectivity index (χ3n) is 6.55. The van der Waals surface area contributed by atoms with E-state index in [0.29, 0.717) is 17.0 Å². The predicted molar refractivity (Wildman–Crippen MR) is 119 cm³/mol. The topological polar surface area (TPSA) is 58.4 Å². The van der Waals surface area contributed by atoms with Crippen LogP contribution in [0.4, 0.5) is 6.01 Å². The highest BCUT2D eigenvalue weighted by Crippen LogP contribution is 2.35. The molecule has 1 aliphatic heterocycles. The molecule has 1 amide bonds. The number of carbonyl (C=O) groups excluding carboxylic acids is 1. The van der Waals surface area contributed by atoms with Crippen molar-refractivity contribution in [1.29, 1.82) is 0 Å². The van der Waals surface area contributed by atoms with Crippen LogP contribution < -0.4 is 10.2 Å². The molecule has 5 rings (SSSR count). The number of rotatable bonds is 4. The zero-order valence-electron chi connectivity index (χ0n) is 16.9. The second-order valence-electron chi connectivity index (χ2n) is 8.43. The summed E-state index contributed by atoms with van der Waals surface area (Å²) in [5.74, 6) is 0.686. The quantitative estimate of drug-likeness (QED) is 0.630. The lowest BCUT2D eigenvalue weighted by atomic mass is 9.92. The number of fused-ring (bicyclic) bond motifs is 1. The van der Waals surface area contributed by atoms with Gasteiger partial charge >= 0.3 is 0 Å². The van der Waals surface area contributed by atoms with E-state index in [4.69, 9.17) is 16.0 Å². The summed E-state index contributed by atoms with van der Waals surface area (Å²) in [5.41, 5.74) is 2.85. The summed E-state index contributed by atoms with van der Waals surface area (Å²) in [5, 5.41) is 4.02. The number of amides is 1. The normalized spacial score (nSPS) is 22.5. The monoisotopic (exact) mass is 423 g/mol. The van der Waals surface area contributed by atoms with Crippen molar-refractivity contribution in [2.45, 2.75) is 44.1 Å². The second kappa shape index (κ2) is 8.31. The average Bonchev–Trinajstić information content (AvgIpc) is 3.41. The van der Waals surface area contributed by atoms with Crippen molar-refractivity contribution in [2.24, 2.45) is 5.92 Å². The van der Waals surface area contributed by atoms with Gasteiger partial charge in [-0.3, -0.25) is 4.79 Å². The van der Waals surface area contributed by atoms with Gasteiger partial charge in [0.25, 0.3) is 6.01 Å². The predicted octanol–water partition coefficient (Wildman–Crippen LogP) is 5.15. The van der Waals surface area contributed by atoms with E-state index in [0.717, 1.165) is 49.9 Å². The molecule has 0 bridgehead atoms. The van der Waals surface area contributed by atoms with Crippen LogP contribution in [0.5, 0.6) is 0 Å². The van der Waals surface area contributed by atoms with Gasteiger partial charge < -0.3 is 14.6 Å². The van der Waals surface area contributed by atoms with Gasteiger partial charge in [-0.1, -0.05) is 48.4 Å². The first-order chi connectivity index (χ1) is 14.7. The lowest BCUT2D eigenvalue weighted by molar-refractivity contribution is -0.126. The van der Waals surface area contributed by atoms with Crippen molar-refractivity contribution >= 4 is 34.6 Å². The zero-order valence-corrected chi connectivity index (χ0v) is 17.6. The van der Waals surface area contributed by atoms with Crippen molar-refractivity contribution in [3.63, 3.8) is 0 Å². The van der Waals surface area contributed by atoms with Gasteiger partial charge in [0, 0.05) is 36.0 Å². The molecule has 1 saturated heterocycles. The van der Waals surface area contributed by atoms with E-state index >= 15 is 0 Å². The number of nitrogens with zero attached hydrogens (tertiary/aromatic N) is 2. The Bertz CT molecular complexity index is 1030. The van der Waals surface area contributed by atoms with Crippen molar-refractivity contribution in [2.75, 3.05) is 18.0 Å². The first-order valence-electron chi connectivity index (χ1n) is 10.8. The molecule has 2 aromatic carbocycles. The molecule has 1 saturated carbocycles. The molecule has 1 aromatic heterocycles. The number of carbonyl (C=O) groups is 1. The minimum atomic E-state index is 0.0529. The first-order valence-corrected chi connectivity index (χ1v) is 11.2. The third-order valence-corrected chi connectivity index (χ3v) is 6.78. The highest BCUT2D eigenvalue weighted by atomic mass is 35.5. The van der Waals surface area contributed by atoms with Gasteiger partial charge in [-0.15, -0.1) is 0 Å². The smallest absolute Gasteiger partial charge is 0.298 e. The molecule has 0 unspecified atom stereocenters. The molecule has 1 aliphatic carbocycles. The van der Waals surface area contributed by atoms with Gasteiger partial charge in [-0.05, 0) is 49.4 Å². The fourth-order valence-corrected chi connectivity index (χ4v) is 5.06. The standard InChI is InChI=1S/C24H26ClN3O2/c25-18-9-10-22-21(15-18)27-24(30-22)28-13-11-17(12-14-28)23(29)26-20-8-4-7-19(20)16-5-2-1-3-6-16/h1-3,5-6,9-10,15,17,19-20H,4,7-8,11-14H2,(H,26,29)/t19-,20-/m1/s1. The summed E-state index contributed by atoms with van der Waals surface area (Å²) in [6.45, 7) is 1.54. The van der Waals surface area contributed by atoms with Crippen LogP contribution in [0.2, 0.25) is 5.02 Å². The summed E-state index contributed by atoms with van der Waals surface area (Å²) in [6, 6.07) is 16.9. The van der Waals surface area contributed by atoms with Crippen LogP contribution in [0.3, 0.4) is 0 Å². The molecule has 1 N–H and O–H groups in total. The minimum absolute atomic E-state index is 0.0529. The second-order valence-corrected chi connectivity index (χ2v) is 8.87. The summed E-state index contributed by atoms with van der Waals surface area (Å²) < 4.78 is 5.88. The molecule has 2 aliphatic rings. The summed E-state index contributed by atoms with van der Waals surface area (Å²) >= 11 is 6.05.